The van der Waals surface area contributed by atoms with Crippen LogP contribution < -0.4 is 4.90 Å². The lowest BCUT2D eigenvalue weighted by molar-refractivity contribution is -0.101. The Labute approximate surface area is 112 Å². The summed E-state index contributed by atoms with van der Waals surface area (Å²) in [6.07, 6.45) is -0.287. The molecule has 0 bridgehead atoms. The monoisotopic (exact) mass is 269 g/mol. The first-order valence-electron chi connectivity index (χ1n) is 6.37. The van der Waals surface area contributed by atoms with Gasteiger partial charge in [0, 0.05) is 18.8 Å². The highest BCUT2D eigenvalue weighted by molar-refractivity contribution is 5.50. The molecule has 1 unspecified atom stereocenters. The van der Waals surface area contributed by atoms with E-state index in [1.165, 1.54) is 12.1 Å². The smallest absolute Gasteiger partial charge is 0.125 e. The van der Waals surface area contributed by atoms with Gasteiger partial charge < -0.3 is 19.8 Å². The highest BCUT2D eigenvalue weighted by atomic mass is 19.1. The van der Waals surface area contributed by atoms with Crippen molar-refractivity contribution in [3.8, 4) is 0 Å². The summed E-state index contributed by atoms with van der Waals surface area (Å²) in [6, 6.07) is 4.52. The predicted molar refractivity (Wildman–Crippen MR) is 70.6 cm³/mol. The topological polar surface area (TPSA) is 52.9 Å². The number of aliphatic hydroxyl groups excluding tert-OH is 2. The van der Waals surface area contributed by atoms with E-state index in [0.29, 0.717) is 24.3 Å². The van der Waals surface area contributed by atoms with Crippen LogP contribution in [0, 0.1) is 5.82 Å². The average Bonchev–Trinajstić information content (AvgIpc) is 2.36. The van der Waals surface area contributed by atoms with Gasteiger partial charge in [0.05, 0.1) is 24.9 Å². The van der Waals surface area contributed by atoms with Crippen molar-refractivity contribution in [2.45, 2.75) is 32.2 Å². The Morgan fingerprint density at radius 3 is 2.74 bits per heavy atom. The fourth-order valence-corrected chi connectivity index (χ4v) is 2.49. The maximum Gasteiger partial charge on any atom is 0.125 e. The van der Waals surface area contributed by atoms with Crippen LogP contribution in [0.4, 0.5) is 10.1 Å². The number of hydrogen-bond donors (Lipinski definition) is 2. The number of nitrogens with zero attached hydrogens (tertiary/aromatic N) is 1. The highest BCUT2D eigenvalue weighted by Crippen LogP contribution is 2.27. The zero-order valence-corrected chi connectivity index (χ0v) is 11.3. The number of benzene rings is 1. The predicted octanol–water partition coefficient (Wildman–Crippen LogP) is 1.29. The Bertz CT molecular complexity index is 450. The molecule has 1 aliphatic rings. The molecular weight excluding hydrogens is 249 g/mol. The van der Waals surface area contributed by atoms with Crippen LogP contribution in [0.3, 0.4) is 0 Å². The normalized spacial score (nSPS) is 22.6. The maximum atomic E-state index is 13.5. The van der Waals surface area contributed by atoms with E-state index < -0.39 is 5.60 Å². The van der Waals surface area contributed by atoms with Crippen molar-refractivity contribution in [2.24, 2.45) is 0 Å². The zero-order chi connectivity index (χ0) is 14.0. The molecule has 2 N–H and O–H groups in total. The third-order valence-corrected chi connectivity index (χ3v) is 3.18. The van der Waals surface area contributed by atoms with Crippen LogP contribution >= 0.6 is 0 Å². The molecule has 0 aromatic heterocycles. The molecule has 1 atom stereocenters. The van der Waals surface area contributed by atoms with E-state index in [-0.39, 0.29) is 25.1 Å². The standard InChI is InChI=1S/C14H20FNO3/c1-14(2)9-16(6-13(8-18)19-14)12-4-10(7-17)3-11(15)5-12/h3-5,13,17-18H,6-9H2,1-2H3. The molecule has 106 valence electrons. The molecule has 0 amide bonds. The van der Waals surface area contributed by atoms with Gasteiger partial charge in [0.1, 0.15) is 5.82 Å². The molecular formula is C14H20FNO3. The van der Waals surface area contributed by atoms with Crippen molar-refractivity contribution in [1.82, 2.24) is 0 Å². The number of halogens is 1. The van der Waals surface area contributed by atoms with Crippen LogP contribution in [0.25, 0.3) is 0 Å². The Kier molecular flexibility index (Phi) is 4.08. The second kappa shape index (κ2) is 5.45. The van der Waals surface area contributed by atoms with E-state index >= 15 is 0 Å². The van der Waals surface area contributed by atoms with Gasteiger partial charge in [-0.3, -0.25) is 0 Å². The van der Waals surface area contributed by atoms with Crippen LogP contribution in [0.1, 0.15) is 19.4 Å². The summed E-state index contributed by atoms with van der Waals surface area (Å²) in [5.41, 5.74) is 0.843. The summed E-state index contributed by atoms with van der Waals surface area (Å²) < 4.78 is 19.2. The highest BCUT2D eigenvalue weighted by Gasteiger charge is 2.33. The van der Waals surface area contributed by atoms with E-state index in [1.54, 1.807) is 6.07 Å². The molecule has 0 aliphatic carbocycles. The van der Waals surface area contributed by atoms with Crippen molar-refractivity contribution < 1.29 is 19.3 Å². The van der Waals surface area contributed by atoms with Crippen molar-refractivity contribution in [3.05, 3.63) is 29.6 Å². The van der Waals surface area contributed by atoms with Gasteiger partial charge in [-0.1, -0.05) is 0 Å². The van der Waals surface area contributed by atoms with E-state index in [2.05, 4.69) is 0 Å². The summed E-state index contributed by atoms with van der Waals surface area (Å²) in [6.45, 7) is 4.73. The number of rotatable bonds is 3. The van der Waals surface area contributed by atoms with Crippen molar-refractivity contribution in [2.75, 3.05) is 24.6 Å². The van der Waals surface area contributed by atoms with Crippen molar-refractivity contribution in [1.29, 1.82) is 0 Å². The second-order valence-electron chi connectivity index (χ2n) is 5.54. The third kappa shape index (κ3) is 3.43. The molecule has 19 heavy (non-hydrogen) atoms. The Morgan fingerprint density at radius 1 is 1.37 bits per heavy atom. The van der Waals surface area contributed by atoms with E-state index in [0.717, 1.165) is 0 Å². The van der Waals surface area contributed by atoms with E-state index in [9.17, 15) is 9.50 Å². The Morgan fingerprint density at radius 2 is 2.11 bits per heavy atom. The lowest BCUT2D eigenvalue weighted by Crippen LogP contribution is -2.54. The van der Waals surface area contributed by atoms with Gasteiger partial charge in [0.25, 0.3) is 0 Å². The van der Waals surface area contributed by atoms with Crippen molar-refractivity contribution >= 4 is 5.69 Å². The number of anilines is 1. The fourth-order valence-electron chi connectivity index (χ4n) is 2.49. The van der Waals surface area contributed by atoms with Crippen LogP contribution in [0.2, 0.25) is 0 Å². The fraction of sp³-hybridized carbons (Fsp3) is 0.571. The first-order chi connectivity index (χ1) is 8.93. The lowest BCUT2D eigenvalue weighted by Gasteiger charge is -2.43. The van der Waals surface area contributed by atoms with Gasteiger partial charge in [0.2, 0.25) is 0 Å². The third-order valence-electron chi connectivity index (χ3n) is 3.18. The number of aliphatic hydroxyl groups is 2. The summed E-state index contributed by atoms with van der Waals surface area (Å²) in [5, 5.41) is 18.4. The van der Waals surface area contributed by atoms with Gasteiger partial charge in [-0.25, -0.2) is 4.39 Å². The van der Waals surface area contributed by atoms with Gasteiger partial charge in [0.15, 0.2) is 0 Å². The van der Waals surface area contributed by atoms with Crippen molar-refractivity contribution in [3.63, 3.8) is 0 Å². The van der Waals surface area contributed by atoms with Gasteiger partial charge in [-0.2, -0.15) is 0 Å². The van der Waals surface area contributed by atoms with E-state index in [4.69, 9.17) is 9.84 Å². The van der Waals surface area contributed by atoms with E-state index in [1.807, 2.05) is 18.7 Å². The summed E-state index contributed by atoms with van der Waals surface area (Å²) in [5.74, 6) is -0.369. The number of hydrogen-bond acceptors (Lipinski definition) is 4. The maximum absolute atomic E-state index is 13.5. The SMILES string of the molecule is CC1(C)CN(c2cc(F)cc(CO)c2)CC(CO)O1. The zero-order valence-electron chi connectivity index (χ0n) is 11.3. The van der Waals surface area contributed by atoms with Crippen LogP contribution in [-0.2, 0) is 11.3 Å². The molecule has 1 aromatic carbocycles. The average molecular weight is 269 g/mol. The molecule has 1 saturated heterocycles. The largest absolute Gasteiger partial charge is 0.394 e. The molecule has 0 radical (unpaired) electrons. The van der Waals surface area contributed by atoms with Gasteiger partial charge in [-0.15, -0.1) is 0 Å². The molecule has 0 saturated carbocycles. The summed E-state index contributed by atoms with van der Waals surface area (Å²) in [4.78, 5) is 1.98. The molecule has 0 spiro atoms. The summed E-state index contributed by atoms with van der Waals surface area (Å²) >= 11 is 0. The Balaban J connectivity index is 2.27. The van der Waals surface area contributed by atoms with Gasteiger partial charge in [-0.05, 0) is 37.6 Å². The number of ether oxygens (including phenoxy) is 1. The molecule has 1 aromatic rings. The first-order valence-corrected chi connectivity index (χ1v) is 6.37. The summed E-state index contributed by atoms with van der Waals surface area (Å²) in [7, 11) is 0. The van der Waals surface area contributed by atoms with Gasteiger partial charge >= 0.3 is 0 Å². The minimum Gasteiger partial charge on any atom is -0.394 e. The minimum atomic E-state index is -0.405. The Hall–Kier alpha value is -1.17. The molecule has 5 heteroatoms. The first kappa shape index (κ1) is 14.2. The quantitative estimate of drug-likeness (QED) is 0.868. The number of morpholine rings is 1. The molecule has 1 fully saturated rings. The molecule has 1 aliphatic heterocycles. The van der Waals surface area contributed by atoms with Crippen LogP contribution in [0.15, 0.2) is 18.2 Å². The van der Waals surface area contributed by atoms with Crippen LogP contribution in [0.5, 0.6) is 0 Å². The lowest BCUT2D eigenvalue weighted by atomic mass is 10.0. The minimum absolute atomic E-state index is 0.0674. The molecule has 2 rings (SSSR count). The molecule has 1 heterocycles. The molecule has 4 nitrogen and oxygen atoms in total. The second-order valence-corrected chi connectivity index (χ2v) is 5.54. The van der Waals surface area contributed by atoms with Crippen LogP contribution in [-0.4, -0.2) is 41.6 Å².